The van der Waals surface area contributed by atoms with E-state index >= 15 is 0 Å². The lowest BCUT2D eigenvalue weighted by atomic mass is 10.1. The van der Waals surface area contributed by atoms with Gasteiger partial charge in [0.1, 0.15) is 0 Å². The normalized spacial score (nSPS) is 26.2. The number of aliphatic hydroxyl groups excluding tert-OH is 1. The van der Waals surface area contributed by atoms with Gasteiger partial charge >= 0.3 is 0 Å². The van der Waals surface area contributed by atoms with Crippen LogP contribution in [0.15, 0.2) is 0 Å². The van der Waals surface area contributed by atoms with Crippen molar-refractivity contribution in [3.05, 3.63) is 0 Å². The Morgan fingerprint density at radius 3 is 2.56 bits per heavy atom. The van der Waals surface area contributed by atoms with Gasteiger partial charge in [0.2, 0.25) is 0 Å². The lowest BCUT2D eigenvalue weighted by molar-refractivity contribution is -0.174. The van der Waals surface area contributed by atoms with Crippen LogP contribution in [0.4, 0.5) is 0 Å². The van der Waals surface area contributed by atoms with Gasteiger partial charge in [-0.2, -0.15) is 0 Å². The zero-order valence-electron chi connectivity index (χ0n) is 10.6. The topological polar surface area (TPSA) is 51.2 Å². The Labute approximate surface area is 97.3 Å². The molecule has 96 valence electrons. The number of ether oxygens (including phenoxy) is 3. The highest BCUT2D eigenvalue weighted by Gasteiger charge is 2.33. The molecule has 1 saturated heterocycles. The highest BCUT2D eigenvalue weighted by molar-refractivity contribution is 4.84. The van der Waals surface area contributed by atoms with E-state index in [0.717, 1.165) is 6.54 Å². The number of rotatable bonds is 5. The van der Waals surface area contributed by atoms with Gasteiger partial charge in [-0.25, -0.2) is 0 Å². The highest BCUT2D eigenvalue weighted by atomic mass is 16.7. The Morgan fingerprint density at radius 2 is 2.06 bits per heavy atom. The molecule has 0 amide bonds. The molecule has 1 N–H and O–H groups in total. The molecule has 0 aromatic heterocycles. The fraction of sp³-hybridized carbons (Fsp3) is 1.00. The average molecular weight is 233 g/mol. The number of methoxy groups -OCH3 is 2. The summed E-state index contributed by atoms with van der Waals surface area (Å²) in [6.07, 6.45) is -0.355. The summed E-state index contributed by atoms with van der Waals surface area (Å²) >= 11 is 0. The van der Waals surface area contributed by atoms with Gasteiger partial charge in [-0.1, -0.05) is 0 Å². The van der Waals surface area contributed by atoms with Crippen molar-refractivity contribution in [1.29, 1.82) is 0 Å². The van der Waals surface area contributed by atoms with Crippen molar-refractivity contribution >= 4 is 0 Å². The first kappa shape index (κ1) is 13.9. The van der Waals surface area contributed by atoms with E-state index in [0.29, 0.717) is 13.1 Å². The van der Waals surface area contributed by atoms with Crippen LogP contribution in [0.1, 0.15) is 13.8 Å². The summed E-state index contributed by atoms with van der Waals surface area (Å²) in [5.41, 5.74) is -0.238. The first-order valence-electron chi connectivity index (χ1n) is 5.57. The Balaban J connectivity index is 2.52. The van der Waals surface area contributed by atoms with Crippen LogP contribution in [0.2, 0.25) is 0 Å². The van der Waals surface area contributed by atoms with Crippen LogP contribution in [-0.2, 0) is 14.2 Å². The van der Waals surface area contributed by atoms with E-state index in [4.69, 9.17) is 14.2 Å². The van der Waals surface area contributed by atoms with Crippen molar-refractivity contribution in [2.45, 2.75) is 31.8 Å². The summed E-state index contributed by atoms with van der Waals surface area (Å²) in [4.78, 5) is 2.20. The molecule has 0 bridgehead atoms. The summed E-state index contributed by atoms with van der Waals surface area (Å²) < 4.78 is 16.1. The highest BCUT2D eigenvalue weighted by Crippen LogP contribution is 2.21. The molecule has 1 atom stereocenters. The molecule has 0 aromatic carbocycles. The van der Waals surface area contributed by atoms with Crippen LogP contribution >= 0.6 is 0 Å². The molecule has 1 heterocycles. The number of nitrogens with zero attached hydrogens (tertiary/aromatic N) is 1. The first-order chi connectivity index (χ1) is 7.50. The third kappa shape index (κ3) is 3.99. The molecule has 1 fully saturated rings. The van der Waals surface area contributed by atoms with Gasteiger partial charge in [0.25, 0.3) is 0 Å². The number of hydrogen-bond donors (Lipinski definition) is 1. The Morgan fingerprint density at radius 1 is 1.44 bits per heavy atom. The summed E-state index contributed by atoms with van der Waals surface area (Å²) in [5, 5.41) is 9.18. The van der Waals surface area contributed by atoms with Crippen LogP contribution in [0.3, 0.4) is 0 Å². The van der Waals surface area contributed by atoms with Crippen molar-refractivity contribution in [2.75, 3.05) is 40.5 Å². The predicted octanol–water partition coefficient (Wildman–Crippen LogP) is 0.0770. The van der Waals surface area contributed by atoms with Crippen LogP contribution in [0.5, 0.6) is 0 Å². The molecule has 0 saturated carbocycles. The van der Waals surface area contributed by atoms with Crippen molar-refractivity contribution in [3.63, 3.8) is 0 Å². The van der Waals surface area contributed by atoms with E-state index in [2.05, 4.69) is 4.90 Å². The zero-order chi connectivity index (χ0) is 12.2. The minimum Gasteiger partial charge on any atom is -0.394 e. The van der Waals surface area contributed by atoms with Gasteiger partial charge in [0.05, 0.1) is 18.3 Å². The van der Waals surface area contributed by atoms with Crippen molar-refractivity contribution in [1.82, 2.24) is 4.90 Å². The molecule has 0 aliphatic carbocycles. The maximum absolute atomic E-state index is 9.18. The Hall–Kier alpha value is -0.200. The van der Waals surface area contributed by atoms with Gasteiger partial charge in [0, 0.05) is 33.9 Å². The third-order valence-corrected chi connectivity index (χ3v) is 2.69. The summed E-state index contributed by atoms with van der Waals surface area (Å²) in [5.74, 6) is 0. The number of morpholine rings is 1. The maximum atomic E-state index is 9.18. The first-order valence-corrected chi connectivity index (χ1v) is 5.57. The number of aliphatic hydroxyl groups is 1. The molecular formula is C11H23NO4. The second kappa shape index (κ2) is 5.93. The molecule has 0 aromatic rings. The van der Waals surface area contributed by atoms with Crippen molar-refractivity contribution < 1.29 is 19.3 Å². The lowest BCUT2D eigenvalue weighted by Gasteiger charge is -2.42. The van der Waals surface area contributed by atoms with Crippen LogP contribution in [-0.4, -0.2) is 68.5 Å². The summed E-state index contributed by atoms with van der Waals surface area (Å²) in [6.45, 7) is 6.31. The summed E-state index contributed by atoms with van der Waals surface area (Å²) in [7, 11) is 3.26. The molecule has 16 heavy (non-hydrogen) atoms. The molecule has 1 aliphatic heterocycles. The maximum Gasteiger partial charge on any atom is 0.169 e. The second-order valence-corrected chi connectivity index (χ2v) is 4.78. The predicted molar refractivity (Wildman–Crippen MR) is 60.3 cm³/mol. The van der Waals surface area contributed by atoms with Crippen LogP contribution in [0.25, 0.3) is 0 Å². The van der Waals surface area contributed by atoms with Crippen LogP contribution < -0.4 is 0 Å². The Bertz CT molecular complexity index is 206. The molecule has 5 heteroatoms. The molecule has 0 spiro atoms. The van der Waals surface area contributed by atoms with Crippen LogP contribution in [0, 0.1) is 0 Å². The molecule has 5 nitrogen and oxygen atoms in total. The summed E-state index contributed by atoms with van der Waals surface area (Å²) in [6, 6.07) is 0. The average Bonchev–Trinajstić information content (AvgIpc) is 2.23. The van der Waals surface area contributed by atoms with E-state index in [1.165, 1.54) is 0 Å². The molecule has 1 aliphatic rings. The fourth-order valence-electron chi connectivity index (χ4n) is 2.11. The zero-order valence-corrected chi connectivity index (χ0v) is 10.6. The molecule has 1 rings (SSSR count). The fourth-order valence-corrected chi connectivity index (χ4v) is 2.11. The molecule has 1 unspecified atom stereocenters. The van der Waals surface area contributed by atoms with Gasteiger partial charge in [-0.05, 0) is 13.8 Å². The van der Waals surface area contributed by atoms with Gasteiger partial charge in [-0.15, -0.1) is 0 Å². The largest absolute Gasteiger partial charge is 0.394 e. The lowest BCUT2D eigenvalue weighted by Crippen LogP contribution is -2.55. The van der Waals surface area contributed by atoms with E-state index in [1.54, 1.807) is 14.2 Å². The van der Waals surface area contributed by atoms with Gasteiger partial charge in [0.15, 0.2) is 6.29 Å². The van der Waals surface area contributed by atoms with Crippen molar-refractivity contribution in [2.24, 2.45) is 0 Å². The molecule has 0 radical (unpaired) electrons. The number of hydrogen-bond acceptors (Lipinski definition) is 5. The molecular weight excluding hydrogens is 210 g/mol. The second-order valence-electron chi connectivity index (χ2n) is 4.78. The monoisotopic (exact) mass is 233 g/mol. The smallest absolute Gasteiger partial charge is 0.169 e. The quantitative estimate of drug-likeness (QED) is 0.681. The SMILES string of the molecule is COC(CN1CC(CO)OC(C)(C)C1)OC. The minimum atomic E-state index is -0.238. The Kier molecular flexibility index (Phi) is 5.14. The third-order valence-electron chi connectivity index (χ3n) is 2.69. The van der Waals surface area contributed by atoms with E-state index in [9.17, 15) is 5.11 Å². The van der Waals surface area contributed by atoms with Gasteiger partial charge < -0.3 is 19.3 Å². The van der Waals surface area contributed by atoms with E-state index in [-0.39, 0.29) is 24.6 Å². The van der Waals surface area contributed by atoms with E-state index < -0.39 is 0 Å². The minimum absolute atomic E-state index is 0.0462. The standard InChI is InChI=1S/C11H23NO4/c1-11(2)8-12(5-9(7-13)16-11)6-10(14-3)15-4/h9-10,13H,5-8H2,1-4H3. The van der Waals surface area contributed by atoms with Crippen molar-refractivity contribution in [3.8, 4) is 0 Å². The van der Waals surface area contributed by atoms with Gasteiger partial charge in [-0.3, -0.25) is 4.90 Å². The van der Waals surface area contributed by atoms with E-state index in [1.807, 2.05) is 13.8 Å².